The van der Waals surface area contributed by atoms with Gasteiger partial charge in [0, 0.05) is 17.0 Å². The normalized spacial score (nSPS) is 20.1. The number of rotatable bonds is 3. The molecule has 1 aliphatic carbocycles. The molecular formula is C11H16ClNS. The molecule has 1 saturated carbocycles. The van der Waals surface area contributed by atoms with Crippen LogP contribution in [0, 0.1) is 0 Å². The fourth-order valence-corrected chi connectivity index (χ4v) is 3.11. The van der Waals surface area contributed by atoms with Crippen LogP contribution in [0.25, 0.3) is 0 Å². The molecule has 1 aromatic heterocycles. The lowest BCUT2D eigenvalue weighted by molar-refractivity contribution is 0.364. The van der Waals surface area contributed by atoms with Gasteiger partial charge in [0.05, 0.1) is 4.34 Å². The molecule has 1 fully saturated rings. The maximum atomic E-state index is 5.88. The van der Waals surface area contributed by atoms with E-state index in [1.54, 1.807) is 11.3 Å². The van der Waals surface area contributed by atoms with Crippen molar-refractivity contribution < 1.29 is 0 Å². The van der Waals surface area contributed by atoms with Crippen molar-refractivity contribution in [2.75, 3.05) is 0 Å². The first-order valence-electron chi connectivity index (χ1n) is 5.17. The zero-order chi connectivity index (χ0) is 10.0. The van der Waals surface area contributed by atoms with E-state index in [0.717, 1.165) is 10.9 Å². The molecular weight excluding hydrogens is 214 g/mol. The zero-order valence-corrected chi connectivity index (χ0v) is 10.0. The third kappa shape index (κ3) is 2.50. The molecule has 1 heterocycles. The molecule has 1 aliphatic rings. The first-order valence-corrected chi connectivity index (χ1v) is 6.37. The first-order chi connectivity index (χ1) is 6.68. The molecule has 0 bridgehead atoms. The third-order valence-corrected chi connectivity index (χ3v) is 4.26. The summed E-state index contributed by atoms with van der Waals surface area (Å²) in [5.41, 5.74) is 0.371. The van der Waals surface area contributed by atoms with Crippen LogP contribution in [0.5, 0.6) is 0 Å². The van der Waals surface area contributed by atoms with Crippen molar-refractivity contribution in [2.24, 2.45) is 0 Å². The van der Waals surface area contributed by atoms with E-state index in [2.05, 4.69) is 18.3 Å². The summed E-state index contributed by atoms with van der Waals surface area (Å²) in [6.07, 6.45) is 5.36. The smallest absolute Gasteiger partial charge is 0.0931 e. The third-order valence-electron chi connectivity index (χ3n) is 3.03. The van der Waals surface area contributed by atoms with Gasteiger partial charge in [0.1, 0.15) is 0 Å². The average Bonchev–Trinajstić information content (AvgIpc) is 2.73. The summed E-state index contributed by atoms with van der Waals surface area (Å²) in [6.45, 7) is 3.29. The van der Waals surface area contributed by atoms with Gasteiger partial charge in [-0.15, -0.1) is 11.3 Å². The summed E-state index contributed by atoms with van der Waals surface area (Å²) >= 11 is 7.55. The molecule has 0 atom stereocenters. The van der Waals surface area contributed by atoms with Crippen LogP contribution in [-0.2, 0) is 6.54 Å². The number of halogens is 1. The number of thiophene rings is 1. The quantitative estimate of drug-likeness (QED) is 0.831. The predicted molar refractivity (Wildman–Crippen MR) is 63.0 cm³/mol. The van der Waals surface area contributed by atoms with E-state index in [-0.39, 0.29) is 0 Å². The molecule has 0 amide bonds. The molecule has 3 heteroatoms. The second-order valence-electron chi connectivity index (χ2n) is 4.33. The van der Waals surface area contributed by atoms with Gasteiger partial charge in [0.25, 0.3) is 0 Å². The van der Waals surface area contributed by atoms with Crippen molar-refractivity contribution in [3.63, 3.8) is 0 Å². The highest BCUT2D eigenvalue weighted by Gasteiger charge is 2.27. The van der Waals surface area contributed by atoms with E-state index in [1.165, 1.54) is 30.6 Å². The first kappa shape index (κ1) is 10.5. The Bertz CT molecular complexity index is 302. The minimum atomic E-state index is 0.371. The topological polar surface area (TPSA) is 12.0 Å². The SMILES string of the molecule is CC1(NCc2ccc(Cl)s2)CCCC1. The lowest BCUT2D eigenvalue weighted by Gasteiger charge is -2.24. The molecule has 1 nitrogen and oxygen atoms in total. The highest BCUT2D eigenvalue weighted by Crippen LogP contribution is 2.30. The predicted octanol–water partition coefficient (Wildman–Crippen LogP) is 3.82. The molecule has 0 radical (unpaired) electrons. The van der Waals surface area contributed by atoms with Crippen LogP contribution in [-0.4, -0.2) is 5.54 Å². The van der Waals surface area contributed by atoms with Gasteiger partial charge in [-0.2, -0.15) is 0 Å². The van der Waals surface area contributed by atoms with Gasteiger partial charge in [-0.3, -0.25) is 0 Å². The van der Waals surface area contributed by atoms with Crippen molar-refractivity contribution in [3.05, 3.63) is 21.3 Å². The van der Waals surface area contributed by atoms with Crippen LogP contribution in [0.1, 0.15) is 37.5 Å². The van der Waals surface area contributed by atoms with Gasteiger partial charge in [0.2, 0.25) is 0 Å². The Hall–Kier alpha value is -0.0500. The maximum Gasteiger partial charge on any atom is 0.0931 e. The van der Waals surface area contributed by atoms with Crippen molar-refractivity contribution in [2.45, 2.75) is 44.7 Å². The monoisotopic (exact) mass is 229 g/mol. The summed E-state index contributed by atoms with van der Waals surface area (Å²) in [6, 6.07) is 4.08. The second kappa shape index (κ2) is 4.21. The van der Waals surface area contributed by atoms with Crippen molar-refractivity contribution in [1.29, 1.82) is 0 Å². The van der Waals surface area contributed by atoms with Crippen molar-refractivity contribution >= 4 is 22.9 Å². The Kier molecular flexibility index (Phi) is 3.15. The summed E-state index contributed by atoms with van der Waals surface area (Å²) in [5, 5.41) is 3.64. The molecule has 0 aromatic carbocycles. The largest absolute Gasteiger partial charge is 0.307 e. The Morgan fingerprint density at radius 1 is 1.43 bits per heavy atom. The molecule has 0 spiro atoms. The van der Waals surface area contributed by atoms with Gasteiger partial charge in [0.15, 0.2) is 0 Å². The summed E-state index contributed by atoms with van der Waals surface area (Å²) in [7, 11) is 0. The molecule has 0 aliphatic heterocycles. The molecule has 1 N–H and O–H groups in total. The van der Waals surface area contributed by atoms with E-state index in [4.69, 9.17) is 11.6 Å². The maximum absolute atomic E-state index is 5.88. The molecule has 78 valence electrons. The summed E-state index contributed by atoms with van der Waals surface area (Å²) in [5.74, 6) is 0. The van der Waals surface area contributed by atoms with Crippen LogP contribution >= 0.6 is 22.9 Å². The van der Waals surface area contributed by atoms with Crippen molar-refractivity contribution in [1.82, 2.24) is 5.32 Å². The average molecular weight is 230 g/mol. The number of hydrogen-bond donors (Lipinski definition) is 1. The molecule has 2 rings (SSSR count). The van der Waals surface area contributed by atoms with Crippen LogP contribution < -0.4 is 5.32 Å². The van der Waals surface area contributed by atoms with Crippen LogP contribution in [0.4, 0.5) is 0 Å². The van der Waals surface area contributed by atoms with E-state index >= 15 is 0 Å². The van der Waals surface area contributed by atoms with Gasteiger partial charge >= 0.3 is 0 Å². The number of hydrogen-bond acceptors (Lipinski definition) is 2. The molecule has 0 unspecified atom stereocenters. The minimum Gasteiger partial charge on any atom is -0.307 e. The van der Waals surface area contributed by atoms with E-state index in [0.29, 0.717) is 5.54 Å². The lowest BCUT2D eigenvalue weighted by atomic mass is 10.0. The standard InChI is InChI=1S/C11H16ClNS/c1-11(6-2-3-7-11)13-8-9-4-5-10(12)14-9/h4-5,13H,2-3,6-8H2,1H3. The Labute approximate surface area is 94.5 Å². The van der Waals surface area contributed by atoms with Crippen LogP contribution in [0.3, 0.4) is 0 Å². The van der Waals surface area contributed by atoms with Crippen LogP contribution in [0.15, 0.2) is 12.1 Å². The Morgan fingerprint density at radius 2 is 2.14 bits per heavy atom. The highest BCUT2D eigenvalue weighted by atomic mass is 35.5. The second-order valence-corrected chi connectivity index (χ2v) is 6.13. The van der Waals surface area contributed by atoms with E-state index in [9.17, 15) is 0 Å². The fraction of sp³-hybridized carbons (Fsp3) is 0.636. The molecule has 0 saturated heterocycles. The molecule has 1 aromatic rings. The summed E-state index contributed by atoms with van der Waals surface area (Å²) in [4.78, 5) is 1.34. The van der Waals surface area contributed by atoms with Gasteiger partial charge in [-0.05, 0) is 31.9 Å². The number of nitrogens with one attached hydrogen (secondary N) is 1. The van der Waals surface area contributed by atoms with Gasteiger partial charge in [-0.25, -0.2) is 0 Å². The van der Waals surface area contributed by atoms with Crippen molar-refractivity contribution in [3.8, 4) is 0 Å². The molecule has 14 heavy (non-hydrogen) atoms. The van der Waals surface area contributed by atoms with Gasteiger partial charge in [-0.1, -0.05) is 24.4 Å². The Morgan fingerprint density at radius 3 is 2.71 bits per heavy atom. The lowest BCUT2D eigenvalue weighted by Crippen LogP contribution is -2.38. The van der Waals surface area contributed by atoms with Gasteiger partial charge < -0.3 is 5.32 Å². The van der Waals surface area contributed by atoms with Crippen LogP contribution in [0.2, 0.25) is 4.34 Å². The minimum absolute atomic E-state index is 0.371. The fourth-order valence-electron chi connectivity index (χ4n) is 2.08. The zero-order valence-electron chi connectivity index (χ0n) is 8.48. The summed E-state index contributed by atoms with van der Waals surface area (Å²) < 4.78 is 0.887. The van der Waals surface area contributed by atoms with E-state index in [1.807, 2.05) is 6.07 Å². The van der Waals surface area contributed by atoms with E-state index < -0.39 is 0 Å². The highest BCUT2D eigenvalue weighted by molar-refractivity contribution is 7.16. The Balaban J connectivity index is 1.87.